The third-order valence-electron chi connectivity index (χ3n) is 3.54. The molecule has 1 amide bonds. The van der Waals surface area contributed by atoms with E-state index in [1.165, 1.54) is 6.07 Å². The van der Waals surface area contributed by atoms with Crippen molar-refractivity contribution in [1.82, 2.24) is 10.0 Å². The number of amides is 1. The van der Waals surface area contributed by atoms with Gasteiger partial charge in [-0.15, -0.1) is 0 Å². The van der Waals surface area contributed by atoms with Crippen molar-refractivity contribution < 1.29 is 22.7 Å². The van der Waals surface area contributed by atoms with Crippen molar-refractivity contribution in [2.45, 2.75) is 12.5 Å². The molecule has 0 spiro atoms. The van der Waals surface area contributed by atoms with Gasteiger partial charge < -0.3 is 15.7 Å². The molecule has 2 heterocycles. The van der Waals surface area contributed by atoms with Gasteiger partial charge in [0.15, 0.2) is 5.82 Å². The molecule has 0 aliphatic carbocycles. The van der Waals surface area contributed by atoms with E-state index in [0.717, 1.165) is 25.6 Å². The van der Waals surface area contributed by atoms with E-state index < -0.39 is 39.9 Å². The van der Waals surface area contributed by atoms with E-state index >= 15 is 0 Å². The van der Waals surface area contributed by atoms with Crippen LogP contribution in [0.2, 0.25) is 0 Å². The maximum Gasteiger partial charge on any atom is 0.326 e. The fourth-order valence-corrected chi connectivity index (χ4v) is 3.74. The number of carbonyl (C=O) groups excluding carboxylic acids is 1. The predicted molar refractivity (Wildman–Crippen MR) is 77.4 cm³/mol. The summed E-state index contributed by atoms with van der Waals surface area (Å²) in [4.78, 5) is 11.2. The molecule has 120 valence electrons. The fourth-order valence-electron chi connectivity index (χ4n) is 2.57. The molecular weight excluding hydrogens is 315 g/mol. The van der Waals surface area contributed by atoms with E-state index in [9.17, 15) is 22.7 Å². The smallest absolute Gasteiger partial charge is 0.326 e. The fraction of sp³-hybridized carbons (Fsp3) is 0.417. The number of rotatable bonds is 3. The molecule has 4 N–H and O–H groups in total. The topological polar surface area (TPSA) is 111 Å². The number of nitrogens with one attached hydrogen (secondary N) is 3. The van der Waals surface area contributed by atoms with E-state index in [2.05, 4.69) is 10.6 Å². The van der Waals surface area contributed by atoms with Crippen LogP contribution >= 0.6 is 0 Å². The van der Waals surface area contributed by atoms with Crippen LogP contribution in [0.3, 0.4) is 0 Å². The Balaban J connectivity index is 1.91. The number of hydrogen-bond acceptors (Lipinski definition) is 6. The lowest BCUT2D eigenvalue weighted by molar-refractivity contribution is -0.117. The number of benzene rings is 1. The number of aromatic hydroxyl groups is 1. The minimum Gasteiger partial charge on any atom is -0.506 e. The molecule has 1 atom stereocenters. The summed E-state index contributed by atoms with van der Waals surface area (Å²) in [5.41, 5.74) is -0.184. The lowest BCUT2D eigenvalue weighted by atomic mass is 10.2. The first-order valence-electron chi connectivity index (χ1n) is 6.70. The van der Waals surface area contributed by atoms with Crippen LogP contribution in [0.1, 0.15) is 6.42 Å². The Hall–Kier alpha value is -2.07. The number of phenols is 1. The van der Waals surface area contributed by atoms with Crippen LogP contribution < -0.4 is 19.7 Å². The number of hydrogen-bond donors (Lipinski definition) is 4. The highest BCUT2D eigenvalue weighted by molar-refractivity contribution is 7.92. The summed E-state index contributed by atoms with van der Waals surface area (Å²) in [6.07, 6.45) is 0.864. The molecule has 3 rings (SSSR count). The van der Waals surface area contributed by atoms with Crippen LogP contribution in [0.25, 0.3) is 0 Å². The Morgan fingerprint density at radius 1 is 1.41 bits per heavy atom. The summed E-state index contributed by atoms with van der Waals surface area (Å²) in [6, 6.07) is 2.46. The van der Waals surface area contributed by atoms with Gasteiger partial charge in [0.25, 0.3) is 5.91 Å². The molecule has 1 aromatic rings. The number of carbonyl (C=O) groups is 1. The highest BCUT2D eigenvalue weighted by atomic mass is 32.2. The molecule has 1 unspecified atom stereocenters. The number of phenolic OH excluding ortho intramolecular Hbond substituents is 1. The molecule has 2 aliphatic rings. The minimum absolute atomic E-state index is 0.114. The SMILES string of the molecule is O=C1CN(c2c(O)cc(NC3CCNC3)cc2F)S(=O)(=O)N1. The number of halogens is 1. The standard InChI is InChI=1S/C12H15FN4O4S/c13-9-3-8(15-7-1-2-14-5-7)4-10(18)12(9)17-6-11(19)16-22(17,20)21/h3-4,7,14-15,18H,1-2,5-6H2,(H,16,19). The first-order chi connectivity index (χ1) is 10.4. The van der Waals surface area contributed by atoms with E-state index in [0.29, 0.717) is 9.99 Å². The summed E-state index contributed by atoms with van der Waals surface area (Å²) in [5, 5.41) is 16.2. The van der Waals surface area contributed by atoms with Gasteiger partial charge in [-0.05, 0) is 19.0 Å². The summed E-state index contributed by atoms with van der Waals surface area (Å²) >= 11 is 0. The van der Waals surface area contributed by atoms with E-state index in [4.69, 9.17) is 0 Å². The molecule has 2 aliphatic heterocycles. The Bertz CT molecular complexity index is 695. The highest BCUT2D eigenvalue weighted by Crippen LogP contribution is 2.36. The zero-order valence-electron chi connectivity index (χ0n) is 11.5. The first kappa shape index (κ1) is 14.9. The minimum atomic E-state index is -4.17. The molecule has 2 saturated heterocycles. The van der Waals surface area contributed by atoms with E-state index in [-0.39, 0.29) is 6.04 Å². The molecule has 0 saturated carbocycles. The van der Waals surface area contributed by atoms with Crippen molar-refractivity contribution in [3.8, 4) is 5.75 Å². The average Bonchev–Trinajstić information content (AvgIpc) is 2.97. The molecular formula is C12H15FN4O4S. The summed E-state index contributed by atoms with van der Waals surface area (Å²) < 4.78 is 40.0. The van der Waals surface area contributed by atoms with E-state index in [1.54, 1.807) is 4.72 Å². The third-order valence-corrected chi connectivity index (χ3v) is 4.92. The Labute approximate surface area is 126 Å². The van der Waals surface area contributed by atoms with Gasteiger partial charge in [-0.2, -0.15) is 8.42 Å². The van der Waals surface area contributed by atoms with Crippen molar-refractivity contribution in [3.63, 3.8) is 0 Å². The van der Waals surface area contributed by atoms with Gasteiger partial charge in [0.1, 0.15) is 18.0 Å². The quantitative estimate of drug-likeness (QED) is 0.594. The van der Waals surface area contributed by atoms with Crippen LogP contribution in [0.15, 0.2) is 12.1 Å². The molecule has 1 aromatic carbocycles. The monoisotopic (exact) mass is 330 g/mol. The summed E-state index contributed by atoms with van der Waals surface area (Å²) in [7, 11) is -4.17. The van der Waals surface area contributed by atoms with Crippen LogP contribution in [-0.4, -0.2) is 45.1 Å². The van der Waals surface area contributed by atoms with Gasteiger partial charge in [-0.3, -0.25) is 4.79 Å². The maximum absolute atomic E-state index is 14.2. The predicted octanol–water partition coefficient (Wildman–Crippen LogP) is -0.514. The summed E-state index contributed by atoms with van der Waals surface area (Å²) in [5.74, 6) is -2.25. The van der Waals surface area contributed by atoms with Crippen molar-refractivity contribution in [2.24, 2.45) is 0 Å². The van der Waals surface area contributed by atoms with E-state index in [1.807, 2.05) is 0 Å². The largest absolute Gasteiger partial charge is 0.506 e. The Kier molecular flexibility index (Phi) is 3.57. The maximum atomic E-state index is 14.2. The normalized spacial score (nSPS) is 23.6. The van der Waals surface area contributed by atoms with Gasteiger partial charge in [0, 0.05) is 24.3 Å². The summed E-state index contributed by atoms with van der Waals surface area (Å²) in [6.45, 7) is 1.01. The third kappa shape index (κ3) is 2.66. The molecule has 22 heavy (non-hydrogen) atoms. The second-order valence-electron chi connectivity index (χ2n) is 5.20. The van der Waals surface area contributed by atoms with Crippen LogP contribution in [0, 0.1) is 5.82 Å². The second kappa shape index (κ2) is 5.29. The number of anilines is 2. The van der Waals surface area contributed by atoms with Gasteiger partial charge in [-0.25, -0.2) is 13.4 Å². The molecule has 0 aromatic heterocycles. The van der Waals surface area contributed by atoms with Crippen molar-refractivity contribution in [1.29, 1.82) is 0 Å². The zero-order valence-corrected chi connectivity index (χ0v) is 12.3. The van der Waals surface area contributed by atoms with Gasteiger partial charge in [-0.1, -0.05) is 0 Å². The van der Waals surface area contributed by atoms with Crippen LogP contribution in [-0.2, 0) is 15.0 Å². The van der Waals surface area contributed by atoms with Gasteiger partial charge in [0.2, 0.25) is 0 Å². The van der Waals surface area contributed by atoms with Crippen molar-refractivity contribution in [3.05, 3.63) is 17.9 Å². The van der Waals surface area contributed by atoms with Crippen LogP contribution in [0.4, 0.5) is 15.8 Å². The lowest BCUT2D eigenvalue weighted by Crippen LogP contribution is -2.30. The van der Waals surface area contributed by atoms with Gasteiger partial charge in [0.05, 0.1) is 0 Å². The Morgan fingerprint density at radius 2 is 2.18 bits per heavy atom. The average molecular weight is 330 g/mol. The molecule has 10 heteroatoms. The highest BCUT2D eigenvalue weighted by Gasteiger charge is 2.37. The van der Waals surface area contributed by atoms with Crippen molar-refractivity contribution in [2.75, 3.05) is 29.3 Å². The second-order valence-corrected chi connectivity index (χ2v) is 6.79. The van der Waals surface area contributed by atoms with Crippen molar-refractivity contribution >= 4 is 27.5 Å². The lowest BCUT2D eigenvalue weighted by Gasteiger charge is -2.19. The Morgan fingerprint density at radius 3 is 2.73 bits per heavy atom. The molecule has 0 radical (unpaired) electrons. The molecule has 2 fully saturated rings. The first-order valence-corrected chi connectivity index (χ1v) is 8.14. The molecule has 8 nitrogen and oxygen atoms in total. The number of nitrogens with zero attached hydrogens (tertiary/aromatic N) is 1. The zero-order chi connectivity index (χ0) is 15.9. The van der Waals surface area contributed by atoms with Crippen LogP contribution in [0.5, 0.6) is 5.75 Å². The molecule has 0 bridgehead atoms. The van der Waals surface area contributed by atoms with Gasteiger partial charge >= 0.3 is 10.2 Å².